The van der Waals surface area contributed by atoms with E-state index in [0.29, 0.717) is 11.3 Å². The van der Waals surface area contributed by atoms with Crippen molar-refractivity contribution < 1.29 is 9.53 Å². The van der Waals surface area contributed by atoms with Crippen LogP contribution >= 0.6 is 12.2 Å². The van der Waals surface area contributed by atoms with Crippen LogP contribution in [0.2, 0.25) is 0 Å². The van der Waals surface area contributed by atoms with Crippen molar-refractivity contribution in [1.82, 2.24) is 10.9 Å². The molecule has 1 atom stereocenters. The van der Waals surface area contributed by atoms with Gasteiger partial charge in [0.1, 0.15) is 5.75 Å². The molecule has 26 heavy (non-hydrogen) atoms. The number of ether oxygens (including phenoxy) is 1. The number of nitriles is 1. The summed E-state index contributed by atoms with van der Waals surface area (Å²) in [6, 6.07) is 14.5. The summed E-state index contributed by atoms with van der Waals surface area (Å²) in [5, 5.41) is 12.1. The fourth-order valence-electron chi connectivity index (χ4n) is 2.29. The standard InChI is InChI=1S/C19H20N4O2S/c1-12-8-13(2)10-16(9-12)21-19(26)23-22-18(24)14(3)25-17-6-4-15(11-20)5-7-17/h4-10,14H,1-3H3,(H,22,24)(H2,21,23,26)/t14-/m1/s1. The first-order valence-corrected chi connectivity index (χ1v) is 8.40. The number of thiocarbonyl (C=S) groups is 1. The van der Waals surface area contributed by atoms with Crippen molar-refractivity contribution >= 4 is 28.9 Å². The average Bonchev–Trinajstić information content (AvgIpc) is 2.59. The van der Waals surface area contributed by atoms with Crippen LogP contribution < -0.4 is 20.9 Å². The Morgan fingerprint density at radius 3 is 2.31 bits per heavy atom. The Morgan fingerprint density at radius 2 is 1.73 bits per heavy atom. The number of hydrogen-bond acceptors (Lipinski definition) is 4. The van der Waals surface area contributed by atoms with E-state index in [9.17, 15) is 4.79 Å². The van der Waals surface area contributed by atoms with Crippen LogP contribution in [0.15, 0.2) is 42.5 Å². The van der Waals surface area contributed by atoms with Crippen molar-refractivity contribution in [3.8, 4) is 11.8 Å². The van der Waals surface area contributed by atoms with Crippen molar-refractivity contribution in [2.24, 2.45) is 0 Å². The van der Waals surface area contributed by atoms with Crippen LogP contribution in [0, 0.1) is 25.2 Å². The number of carbonyl (C=O) groups is 1. The normalized spacial score (nSPS) is 11.0. The fourth-order valence-corrected chi connectivity index (χ4v) is 2.46. The van der Waals surface area contributed by atoms with Crippen LogP contribution in [0.3, 0.4) is 0 Å². The first kappa shape index (κ1) is 19.2. The number of hydrogen-bond donors (Lipinski definition) is 3. The van der Waals surface area contributed by atoms with Gasteiger partial charge in [0, 0.05) is 5.69 Å². The van der Waals surface area contributed by atoms with E-state index in [1.807, 2.05) is 32.0 Å². The molecule has 0 heterocycles. The van der Waals surface area contributed by atoms with E-state index < -0.39 is 6.10 Å². The zero-order valence-corrected chi connectivity index (χ0v) is 15.6. The molecule has 0 aliphatic rings. The average molecular weight is 368 g/mol. The fraction of sp³-hybridized carbons (Fsp3) is 0.211. The van der Waals surface area contributed by atoms with Gasteiger partial charge in [-0.3, -0.25) is 15.6 Å². The maximum absolute atomic E-state index is 12.1. The Balaban J connectivity index is 1.82. The second-order valence-electron chi connectivity index (χ2n) is 5.84. The van der Waals surface area contributed by atoms with Crippen molar-refractivity contribution in [2.75, 3.05) is 5.32 Å². The predicted octanol–water partition coefficient (Wildman–Crippen LogP) is 2.96. The first-order chi connectivity index (χ1) is 12.4. The molecule has 0 spiro atoms. The third-order valence-corrected chi connectivity index (χ3v) is 3.65. The van der Waals surface area contributed by atoms with E-state index in [0.717, 1.165) is 16.8 Å². The highest BCUT2D eigenvalue weighted by Crippen LogP contribution is 2.14. The Labute approximate surface area is 158 Å². The Bertz CT molecular complexity index is 823. The molecule has 0 fully saturated rings. The van der Waals surface area contributed by atoms with Gasteiger partial charge in [-0.05, 0) is 80.5 Å². The van der Waals surface area contributed by atoms with Crippen LogP contribution in [0.5, 0.6) is 5.75 Å². The van der Waals surface area contributed by atoms with Gasteiger partial charge in [-0.15, -0.1) is 0 Å². The first-order valence-electron chi connectivity index (χ1n) is 7.99. The number of anilines is 1. The third-order valence-electron chi connectivity index (χ3n) is 3.44. The second kappa shape index (κ2) is 8.83. The molecule has 3 N–H and O–H groups in total. The number of nitrogens with one attached hydrogen (secondary N) is 3. The molecule has 0 saturated carbocycles. The van der Waals surface area contributed by atoms with Crippen molar-refractivity contribution in [1.29, 1.82) is 5.26 Å². The SMILES string of the molecule is Cc1cc(C)cc(NC(=S)NNC(=O)[C@@H](C)Oc2ccc(C#N)cc2)c1. The summed E-state index contributed by atoms with van der Waals surface area (Å²) >= 11 is 5.18. The smallest absolute Gasteiger partial charge is 0.279 e. The molecular formula is C19H20N4O2S. The molecule has 1 amide bonds. The van der Waals surface area contributed by atoms with E-state index in [-0.39, 0.29) is 11.0 Å². The second-order valence-corrected chi connectivity index (χ2v) is 6.25. The minimum absolute atomic E-state index is 0.272. The van der Waals surface area contributed by atoms with Crippen molar-refractivity contribution in [2.45, 2.75) is 26.9 Å². The lowest BCUT2D eigenvalue weighted by Crippen LogP contribution is -2.48. The zero-order valence-electron chi connectivity index (χ0n) is 14.8. The third kappa shape index (κ3) is 5.76. The zero-order chi connectivity index (χ0) is 19.1. The summed E-state index contributed by atoms with van der Waals surface area (Å²) < 4.78 is 5.53. The van der Waals surface area contributed by atoms with Crippen LogP contribution in [-0.2, 0) is 4.79 Å². The molecule has 0 aromatic heterocycles. The molecule has 0 aliphatic heterocycles. The molecule has 7 heteroatoms. The highest BCUT2D eigenvalue weighted by Gasteiger charge is 2.14. The van der Waals surface area contributed by atoms with Gasteiger partial charge in [-0.1, -0.05) is 6.07 Å². The molecule has 0 bridgehead atoms. The van der Waals surface area contributed by atoms with Crippen LogP contribution in [0.25, 0.3) is 0 Å². The molecule has 0 aliphatic carbocycles. The summed E-state index contributed by atoms with van der Waals surface area (Å²) in [5.41, 5.74) is 8.76. The highest BCUT2D eigenvalue weighted by molar-refractivity contribution is 7.80. The summed E-state index contributed by atoms with van der Waals surface area (Å²) in [5.74, 6) is 0.126. The summed E-state index contributed by atoms with van der Waals surface area (Å²) in [7, 11) is 0. The van der Waals surface area contributed by atoms with Crippen molar-refractivity contribution in [3.05, 3.63) is 59.2 Å². The van der Waals surface area contributed by atoms with E-state index in [1.165, 1.54) is 0 Å². The van der Waals surface area contributed by atoms with Gasteiger partial charge in [-0.25, -0.2) is 0 Å². The number of aryl methyl sites for hydroxylation is 2. The number of rotatable bonds is 4. The molecule has 2 aromatic carbocycles. The van der Waals surface area contributed by atoms with Gasteiger partial charge in [0.25, 0.3) is 5.91 Å². The molecule has 0 saturated heterocycles. The Hall–Kier alpha value is -3.11. The number of hydrazine groups is 1. The minimum atomic E-state index is -0.737. The quantitative estimate of drug-likeness (QED) is 0.568. The maximum atomic E-state index is 12.1. The topological polar surface area (TPSA) is 86.2 Å². The van der Waals surface area contributed by atoms with Crippen LogP contribution in [0.4, 0.5) is 5.69 Å². The number of amides is 1. The van der Waals surface area contributed by atoms with Gasteiger partial charge < -0.3 is 10.1 Å². The van der Waals surface area contributed by atoms with Gasteiger partial charge >= 0.3 is 0 Å². The lowest BCUT2D eigenvalue weighted by molar-refractivity contribution is -0.127. The van der Waals surface area contributed by atoms with E-state index >= 15 is 0 Å². The monoisotopic (exact) mass is 368 g/mol. The van der Waals surface area contributed by atoms with Gasteiger partial charge in [0.05, 0.1) is 11.6 Å². The van der Waals surface area contributed by atoms with Gasteiger partial charge in [0.2, 0.25) is 0 Å². The molecular weight excluding hydrogens is 348 g/mol. The van der Waals surface area contributed by atoms with E-state index in [2.05, 4.69) is 22.2 Å². The van der Waals surface area contributed by atoms with Crippen molar-refractivity contribution in [3.63, 3.8) is 0 Å². The molecule has 2 aromatic rings. The molecule has 0 unspecified atom stereocenters. The number of carbonyl (C=O) groups excluding carboxylic acids is 1. The number of benzene rings is 2. The molecule has 6 nitrogen and oxygen atoms in total. The number of nitrogens with zero attached hydrogens (tertiary/aromatic N) is 1. The predicted molar refractivity (Wildman–Crippen MR) is 105 cm³/mol. The minimum Gasteiger partial charge on any atom is -0.481 e. The van der Waals surface area contributed by atoms with E-state index in [1.54, 1.807) is 31.2 Å². The molecule has 0 radical (unpaired) electrons. The summed E-state index contributed by atoms with van der Waals surface area (Å²) in [6.45, 7) is 5.62. The highest BCUT2D eigenvalue weighted by atomic mass is 32.1. The lowest BCUT2D eigenvalue weighted by atomic mass is 10.1. The molecule has 134 valence electrons. The lowest BCUT2D eigenvalue weighted by Gasteiger charge is -2.17. The maximum Gasteiger partial charge on any atom is 0.279 e. The van der Waals surface area contributed by atoms with Gasteiger partial charge in [0.15, 0.2) is 11.2 Å². The molecule has 2 rings (SSSR count). The summed E-state index contributed by atoms with van der Waals surface area (Å²) in [6.07, 6.45) is -0.737. The Morgan fingerprint density at radius 1 is 1.12 bits per heavy atom. The summed E-state index contributed by atoms with van der Waals surface area (Å²) in [4.78, 5) is 12.1. The largest absolute Gasteiger partial charge is 0.481 e. The van der Waals surface area contributed by atoms with Crippen LogP contribution in [-0.4, -0.2) is 17.1 Å². The van der Waals surface area contributed by atoms with Gasteiger partial charge in [-0.2, -0.15) is 5.26 Å². The van der Waals surface area contributed by atoms with E-state index in [4.69, 9.17) is 22.2 Å². The van der Waals surface area contributed by atoms with Crippen LogP contribution in [0.1, 0.15) is 23.6 Å². The Kier molecular flexibility index (Phi) is 6.53.